The Bertz CT molecular complexity index is 1000. The summed E-state index contributed by atoms with van der Waals surface area (Å²) in [5, 5.41) is 6.17. The maximum atomic E-state index is 13.0. The largest absolute Gasteiger partial charge is 0.412 e. The van der Waals surface area contributed by atoms with Crippen molar-refractivity contribution in [3.8, 4) is 11.1 Å². The maximum absolute atomic E-state index is 13.0. The fourth-order valence-electron chi connectivity index (χ4n) is 3.53. The van der Waals surface area contributed by atoms with Crippen LogP contribution in [0.15, 0.2) is 48.2 Å². The molecule has 2 aromatic carbocycles. The van der Waals surface area contributed by atoms with Gasteiger partial charge in [-0.3, -0.25) is 4.79 Å². The van der Waals surface area contributed by atoms with Crippen LogP contribution in [0.3, 0.4) is 0 Å². The molecule has 1 heterocycles. The zero-order chi connectivity index (χ0) is 21.9. The van der Waals surface area contributed by atoms with Gasteiger partial charge in [0.2, 0.25) is 0 Å². The van der Waals surface area contributed by atoms with Crippen molar-refractivity contribution in [2.45, 2.75) is 26.3 Å². The van der Waals surface area contributed by atoms with Crippen molar-refractivity contribution in [2.75, 3.05) is 20.3 Å². The summed E-state index contributed by atoms with van der Waals surface area (Å²) in [5.41, 5.74) is 2.83. The number of rotatable bonds is 6. The van der Waals surface area contributed by atoms with Crippen molar-refractivity contribution < 1.29 is 19.1 Å². The zero-order valence-electron chi connectivity index (χ0n) is 17.5. The molecule has 0 saturated heterocycles. The van der Waals surface area contributed by atoms with E-state index in [2.05, 4.69) is 10.6 Å². The lowest BCUT2D eigenvalue weighted by molar-refractivity contribution is -0.116. The predicted octanol–water partition coefficient (Wildman–Crippen LogP) is 4.31. The van der Waals surface area contributed by atoms with Gasteiger partial charge in [-0.15, -0.1) is 0 Å². The molecule has 1 aliphatic heterocycles. The van der Waals surface area contributed by atoms with Gasteiger partial charge < -0.3 is 20.1 Å². The number of ether oxygens (including phenoxy) is 2. The molecule has 2 aromatic rings. The molecule has 3 rings (SSSR count). The second-order valence-electron chi connectivity index (χ2n) is 7.38. The Hall–Kier alpha value is -2.83. The van der Waals surface area contributed by atoms with E-state index in [-0.39, 0.29) is 18.3 Å². The van der Waals surface area contributed by atoms with Crippen LogP contribution in [0.2, 0.25) is 5.02 Å². The first kappa shape index (κ1) is 21.9. The van der Waals surface area contributed by atoms with Crippen LogP contribution < -0.4 is 10.6 Å². The summed E-state index contributed by atoms with van der Waals surface area (Å²) in [7, 11) is 1.53. The van der Waals surface area contributed by atoms with Crippen LogP contribution in [-0.4, -0.2) is 37.8 Å². The van der Waals surface area contributed by atoms with Gasteiger partial charge in [-0.2, -0.15) is 0 Å². The number of nitrogens with one attached hydrogen (secondary N) is 2. The number of hydrogen-bond donors (Lipinski definition) is 2. The van der Waals surface area contributed by atoms with Gasteiger partial charge in [0.1, 0.15) is 5.54 Å². The number of amides is 2. The standard InChI is InChI=1S/C23H25ClN2O4/c1-5-25-22(28)30-20-19(21(27)26-23(20,3)13-29-4)18-12-16(7-6-14(18)2)15-8-10-17(24)11-9-15/h6-12H,5,13H2,1-4H3,(H,25,28)(H,26,27). The highest BCUT2D eigenvalue weighted by Gasteiger charge is 2.45. The lowest BCUT2D eigenvalue weighted by Crippen LogP contribution is -2.46. The van der Waals surface area contributed by atoms with E-state index in [0.29, 0.717) is 22.7 Å². The smallest absolute Gasteiger partial charge is 0.411 e. The molecule has 7 heteroatoms. The Morgan fingerprint density at radius 1 is 1.17 bits per heavy atom. The van der Waals surface area contributed by atoms with Gasteiger partial charge >= 0.3 is 6.09 Å². The quantitative estimate of drug-likeness (QED) is 0.718. The SMILES string of the molecule is CCNC(=O)OC1=C(c2cc(-c3ccc(Cl)cc3)ccc2C)C(=O)NC1(C)COC. The molecule has 0 spiro atoms. The molecule has 30 heavy (non-hydrogen) atoms. The topological polar surface area (TPSA) is 76.7 Å². The monoisotopic (exact) mass is 428 g/mol. The Kier molecular flexibility index (Phi) is 6.48. The molecule has 2 amide bonds. The molecule has 1 atom stereocenters. The van der Waals surface area contributed by atoms with Crippen LogP contribution in [0, 0.1) is 6.92 Å². The molecule has 0 aliphatic carbocycles. The molecule has 6 nitrogen and oxygen atoms in total. The van der Waals surface area contributed by atoms with E-state index in [1.54, 1.807) is 13.8 Å². The molecular formula is C23H25ClN2O4. The second-order valence-corrected chi connectivity index (χ2v) is 7.82. The molecule has 1 aliphatic rings. The van der Waals surface area contributed by atoms with Crippen LogP contribution in [0.1, 0.15) is 25.0 Å². The normalized spacial score (nSPS) is 18.4. The number of carbonyl (C=O) groups is 2. The van der Waals surface area contributed by atoms with Crippen LogP contribution in [0.5, 0.6) is 0 Å². The van der Waals surface area contributed by atoms with E-state index in [0.717, 1.165) is 16.7 Å². The number of methoxy groups -OCH3 is 1. The highest BCUT2D eigenvalue weighted by molar-refractivity contribution is 6.30. The van der Waals surface area contributed by atoms with Gasteiger partial charge in [0.15, 0.2) is 5.76 Å². The Morgan fingerprint density at radius 2 is 1.83 bits per heavy atom. The fourth-order valence-corrected chi connectivity index (χ4v) is 3.66. The second kappa shape index (κ2) is 8.90. The van der Waals surface area contributed by atoms with E-state index in [4.69, 9.17) is 21.1 Å². The van der Waals surface area contributed by atoms with E-state index < -0.39 is 11.6 Å². The van der Waals surface area contributed by atoms with Gasteiger partial charge in [-0.25, -0.2) is 4.79 Å². The molecule has 0 radical (unpaired) electrons. The minimum atomic E-state index is -0.963. The minimum absolute atomic E-state index is 0.160. The molecule has 0 fully saturated rings. The molecular weight excluding hydrogens is 404 g/mol. The molecule has 2 N–H and O–H groups in total. The third-order valence-corrected chi connectivity index (χ3v) is 5.23. The number of hydrogen-bond acceptors (Lipinski definition) is 4. The van der Waals surface area contributed by atoms with E-state index >= 15 is 0 Å². The molecule has 0 bridgehead atoms. The van der Waals surface area contributed by atoms with Crippen molar-refractivity contribution in [3.63, 3.8) is 0 Å². The summed E-state index contributed by atoms with van der Waals surface area (Å²) in [4.78, 5) is 25.2. The van der Waals surface area contributed by atoms with Crippen LogP contribution in [-0.2, 0) is 14.3 Å². The van der Waals surface area contributed by atoms with E-state index in [1.165, 1.54) is 7.11 Å². The first-order chi connectivity index (χ1) is 14.3. The third-order valence-electron chi connectivity index (χ3n) is 4.98. The average Bonchev–Trinajstić information content (AvgIpc) is 2.93. The average molecular weight is 429 g/mol. The Balaban J connectivity index is 2.15. The number of halogens is 1. The number of aryl methyl sites for hydroxylation is 1. The van der Waals surface area contributed by atoms with Gasteiger partial charge in [0, 0.05) is 18.7 Å². The first-order valence-corrected chi connectivity index (χ1v) is 10.1. The van der Waals surface area contributed by atoms with Crippen molar-refractivity contribution in [3.05, 3.63) is 64.4 Å². The molecule has 1 unspecified atom stereocenters. The van der Waals surface area contributed by atoms with Crippen LogP contribution in [0.4, 0.5) is 4.79 Å². The number of benzene rings is 2. The summed E-state index contributed by atoms with van der Waals surface area (Å²) in [6.45, 7) is 6.05. The third kappa shape index (κ3) is 4.35. The van der Waals surface area contributed by atoms with Crippen molar-refractivity contribution in [1.29, 1.82) is 0 Å². The summed E-state index contributed by atoms with van der Waals surface area (Å²) in [6, 6.07) is 13.3. The summed E-state index contributed by atoms with van der Waals surface area (Å²) in [6.07, 6.45) is -0.615. The summed E-state index contributed by atoms with van der Waals surface area (Å²) >= 11 is 6.01. The summed E-state index contributed by atoms with van der Waals surface area (Å²) in [5.74, 6) is -0.0677. The van der Waals surface area contributed by atoms with E-state index in [1.807, 2.05) is 49.4 Å². The lowest BCUT2D eigenvalue weighted by Gasteiger charge is -2.26. The number of carbonyl (C=O) groups excluding carboxylic acids is 2. The fraction of sp³-hybridized carbons (Fsp3) is 0.304. The predicted molar refractivity (Wildman–Crippen MR) is 117 cm³/mol. The number of alkyl carbamates (subject to hydrolysis) is 1. The summed E-state index contributed by atoms with van der Waals surface area (Å²) < 4.78 is 10.9. The van der Waals surface area contributed by atoms with Crippen LogP contribution in [0.25, 0.3) is 16.7 Å². The van der Waals surface area contributed by atoms with Gasteiger partial charge in [-0.05, 0) is 61.2 Å². The maximum Gasteiger partial charge on any atom is 0.412 e. The van der Waals surface area contributed by atoms with E-state index in [9.17, 15) is 9.59 Å². The first-order valence-electron chi connectivity index (χ1n) is 9.68. The highest BCUT2D eigenvalue weighted by Crippen LogP contribution is 2.37. The van der Waals surface area contributed by atoms with Crippen molar-refractivity contribution in [2.24, 2.45) is 0 Å². The van der Waals surface area contributed by atoms with Crippen molar-refractivity contribution >= 4 is 29.2 Å². The lowest BCUT2D eigenvalue weighted by atomic mass is 9.92. The molecule has 0 saturated carbocycles. The minimum Gasteiger partial charge on any atom is -0.411 e. The molecule has 0 aromatic heterocycles. The molecule has 158 valence electrons. The van der Waals surface area contributed by atoms with Crippen molar-refractivity contribution in [1.82, 2.24) is 10.6 Å². The van der Waals surface area contributed by atoms with Gasteiger partial charge in [0.25, 0.3) is 5.91 Å². The van der Waals surface area contributed by atoms with Gasteiger partial charge in [-0.1, -0.05) is 35.9 Å². The van der Waals surface area contributed by atoms with Crippen LogP contribution >= 0.6 is 11.6 Å². The highest BCUT2D eigenvalue weighted by atomic mass is 35.5. The Labute approximate surface area is 181 Å². The zero-order valence-corrected chi connectivity index (χ0v) is 18.2. The van der Waals surface area contributed by atoms with Gasteiger partial charge in [0.05, 0.1) is 12.2 Å². The Morgan fingerprint density at radius 3 is 2.47 bits per heavy atom.